The molecule has 0 bridgehead atoms. The first-order valence-electron chi connectivity index (χ1n) is 26.4. The number of quaternary nitrogens is 1. The summed E-state index contributed by atoms with van der Waals surface area (Å²) in [7, 11) is 6.94. The van der Waals surface area contributed by atoms with Gasteiger partial charge in [0.15, 0.2) is 0 Å². The largest absolute Gasteiger partial charge is 1.00 e. The van der Waals surface area contributed by atoms with Gasteiger partial charge in [-0.2, -0.15) is 0 Å². The highest BCUT2D eigenvalue weighted by molar-refractivity contribution is 4.54. The molecule has 0 aromatic heterocycles. The van der Waals surface area contributed by atoms with Crippen LogP contribution in [0.25, 0.3) is 0 Å². The number of hydrogen-bond acceptors (Lipinski definition) is 0. The molecule has 0 saturated heterocycles. The van der Waals surface area contributed by atoms with Gasteiger partial charge < -0.3 is 21.5 Å². The van der Waals surface area contributed by atoms with E-state index < -0.39 is 0 Å². The van der Waals surface area contributed by atoms with Gasteiger partial charge in [0.2, 0.25) is 0 Å². The molecule has 0 aliphatic heterocycles. The lowest BCUT2D eigenvalue weighted by Crippen LogP contribution is -3.00. The Morgan fingerprint density at radius 1 is 0.182 bits per heavy atom. The lowest BCUT2D eigenvalue weighted by atomic mass is 10.0. The first-order chi connectivity index (χ1) is 26.6. The average Bonchev–Trinajstić information content (AvgIpc) is 3.15. The normalized spacial score (nSPS) is 11.8. The summed E-state index contributed by atoms with van der Waals surface area (Å²) in [4.78, 5) is 0. The van der Waals surface area contributed by atoms with Crippen molar-refractivity contribution in [1.82, 2.24) is 0 Å². The maximum absolute atomic E-state index is 2.31. The van der Waals surface area contributed by atoms with Gasteiger partial charge >= 0.3 is 0 Å². The van der Waals surface area contributed by atoms with E-state index in [1.807, 2.05) is 0 Å². The molecule has 0 atom stereocenters. The lowest BCUT2D eigenvalue weighted by Gasteiger charge is -2.23. The van der Waals surface area contributed by atoms with Crippen molar-refractivity contribution in [3.8, 4) is 0 Å². The lowest BCUT2D eigenvalue weighted by molar-refractivity contribution is -0.870. The van der Waals surface area contributed by atoms with E-state index in [9.17, 15) is 0 Å². The summed E-state index contributed by atoms with van der Waals surface area (Å²) < 4.78 is 1.12. The van der Waals surface area contributed by atoms with Crippen LogP contribution in [0, 0.1) is 0 Å². The molecule has 0 aliphatic carbocycles. The second kappa shape index (κ2) is 50.6. The SMILES string of the molecule is CCCCCCCCCCCCCCCCCCCCCCCCCCCCCCCCCCCCCCCCCCCCCCCCCC[N+](C)(C)C.[Br-]. The van der Waals surface area contributed by atoms with Gasteiger partial charge in [-0.05, 0) is 12.8 Å². The molecule has 0 rings (SSSR count). The number of nitrogens with zero attached hydrogens (tertiary/aromatic N) is 1. The monoisotopic (exact) mass is 840 g/mol. The quantitative estimate of drug-likeness (QED) is 0.0423. The van der Waals surface area contributed by atoms with Gasteiger partial charge in [-0.25, -0.2) is 0 Å². The predicted molar refractivity (Wildman–Crippen MR) is 250 cm³/mol. The zero-order chi connectivity index (χ0) is 39.1. The molecule has 0 spiro atoms. The van der Waals surface area contributed by atoms with E-state index in [4.69, 9.17) is 0 Å². The van der Waals surface area contributed by atoms with Crippen molar-refractivity contribution >= 4 is 0 Å². The van der Waals surface area contributed by atoms with Crippen molar-refractivity contribution in [2.75, 3.05) is 27.7 Å². The molecule has 0 aromatic rings. The highest BCUT2D eigenvalue weighted by Gasteiger charge is 2.05. The van der Waals surface area contributed by atoms with Crippen LogP contribution in [0.5, 0.6) is 0 Å². The molecule has 0 amide bonds. The first-order valence-corrected chi connectivity index (χ1v) is 26.4. The highest BCUT2D eigenvalue weighted by Crippen LogP contribution is 2.18. The van der Waals surface area contributed by atoms with Gasteiger partial charge in [-0.1, -0.05) is 302 Å². The van der Waals surface area contributed by atoms with E-state index in [0.717, 1.165) is 4.48 Å². The minimum absolute atomic E-state index is 0. The average molecular weight is 841 g/mol. The van der Waals surface area contributed by atoms with Crippen molar-refractivity contribution < 1.29 is 21.5 Å². The van der Waals surface area contributed by atoms with Crippen molar-refractivity contribution in [2.24, 2.45) is 0 Å². The van der Waals surface area contributed by atoms with Crippen LogP contribution in [0.3, 0.4) is 0 Å². The maximum atomic E-state index is 2.31. The third-order valence-corrected chi connectivity index (χ3v) is 12.7. The van der Waals surface area contributed by atoms with Crippen molar-refractivity contribution in [3.63, 3.8) is 0 Å². The number of hydrogen-bond donors (Lipinski definition) is 0. The Balaban J connectivity index is 0. The molecule has 0 unspecified atom stereocenters. The number of rotatable bonds is 49. The molecule has 2 heteroatoms. The number of unbranched alkanes of at least 4 members (excludes halogenated alkanes) is 47. The van der Waals surface area contributed by atoms with Crippen LogP contribution < -0.4 is 17.0 Å². The van der Waals surface area contributed by atoms with E-state index in [-0.39, 0.29) is 17.0 Å². The summed E-state index contributed by atoms with van der Waals surface area (Å²) in [5.41, 5.74) is 0. The zero-order valence-corrected chi connectivity index (χ0v) is 41.1. The highest BCUT2D eigenvalue weighted by atomic mass is 79.9. The molecule has 1 nitrogen and oxygen atoms in total. The van der Waals surface area contributed by atoms with Crippen LogP contribution in [0.4, 0.5) is 0 Å². The predicted octanol–water partition coefficient (Wildman–Crippen LogP) is 16.4. The molecular formula is C53H110BrN. The summed E-state index contributed by atoms with van der Waals surface area (Å²) in [6.45, 7) is 3.65. The molecular weight excluding hydrogens is 730 g/mol. The fourth-order valence-corrected chi connectivity index (χ4v) is 8.79. The van der Waals surface area contributed by atoms with E-state index in [1.165, 1.54) is 315 Å². The van der Waals surface area contributed by atoms with Crippen LogP contribution >= 0.6 is 0 Å². The van der Waals surface area contributed by atoms with Gasteiger partial charge in [0.05, 0.1) is 27.7 Å². The Morgan fingerprint density at radius 3 is 0.400 bits per heavy atom. The molecule has 0 aromatic carbocycles. The second-order valence-electron chi connectivity index (χ2n) is 19.6. The van der Waals surface area contributed by atoms with Gasteiger partial charge in [0.1, 0.15) is 0 Å². The second-order valence-corrected chi connectivity index (χ2v) is 19.6. The Labute approximate surface area is 362 Å². The molecule has 0 aliphatic rings. The Kier molecular flexibility index (Phi) is 52.9. The van der Waals surface area contributed by atoms with Gasteiger partial charge in [0, 0.05) is 0 Å². The van der Waals surface area contributed by atoms with Crippen molar-refractivity contribution in [3.05, 3.63) is 0 Å². The van der Waals surface area contributed by atoms with Crippen LogP contribution in [0.15, 0.2) is 0 Å². The van der Waals surface area contributed by atoms with Crippen LogP contribution in [-0.4, -0.2) is 32.2 Å². The summed E-state index contributed by atoms with van der Waals surface area (Å²) in [6.07, 6.45) is 71.3. The van der Waals surface area contributed by atoms with Crippen LogP contribution in [0.1, 0.15) is 315 Å². The first kappa shape index (κ1) is 57.5. The smallest absolute Gasteiger partial charge is 0.0780 e. The molecule has 334 valence electrons. The van der Waals surface area contributed by atoms with Gasteiger partial charge in [0.25, 0.3) is 0 Å². The third-order valence-electron chi connectivity index (χ3n) is 12.7. The van der Waals surface area contributed by atoms with Gasteiger partial charge in [-0.3, -0.25) is 0 Å². The Morgan fingerprint density at radius 2 is 0.291 bits per heavy atom. The van der Waals surface area contributed by atoms with Crippen LogP contribution in [0.2, 0.25) is 0 Å². The third kappa shape index (κ3) is 56.6. The van der Waals surface area contributed by atoms with Gasteiger partial charge in [-0.15, -0.1) is 0 Å². The van der Waals surface area contributed by atoms with Crippen LogP contribution in [-0.2, 0) is 0 Å². The Bertz CT molecular complexity index is 641. The fraction of sp³-hybridized carbons (Fsp3) is 1.00. The molecule has 0 radical (unpaired) electrons. The van der Waals surface area contributed by atoms with Crippen molar-refractivity contribution in [2.45, 2.75) is 315 Å². The topological polar surface area (TPSA) is 0 Å². The van der Waals surface area contributed by atoms with Crippen molar-refractivity contribution in [1.29, 1.82) is 0 Å². The molecule has 0 N–H and O–H groups in total. The minimum atomic E-state index is 0. The molecule has 0 fully saturated rings. The van der Waals surface area contributed by atoms with E-state index in [1.54, 1.807) is 0 Å². The molecule has 55 heavy (non-hydrogen) atoms. The summed E-state index contributed by atoms with van der Waals surface area (Å²) >= 11 is 0. The maximum Gasteiger partial charge on any atom is 0.0780 e. The number of halogens is 1. The zero-order valence-electron chi connectivity index (χ0n) is 39.5. The molecule has 0 saturated carbocycles. The Hall–Kier alpha value is 0.440. The summed E-state index contributed by atoms with van der Waals surface area (Å²) in [5.74, 6) is 0. The fourth-order valence-electron chi connectivity index (χ4n) is 8.79. The van der Waals surface area contributed by atoms with E-state index in [0.29, 0.717) is 0 Å². The van der Waals surface area contributed by atoms with E-state index >= 15 is 0 Å². The van der Waals surface area contributed by atoms with E-state index in [2.05, 4.69) is 28.1 Å². The summed E-state index contributed by atoms with van der Waals surface area (Å²) in [6, 6.07) is 0. The minimum Gasteiger partial charge on any atom is -1.00 e. The standard InChI is InChI=1S/C53H110N.BrH/c1-5-6-7-8-9-10-11-12-13-14-15-16-17-18-19-20-21-22-23-24-25-26-27-28-29-30-31-32-33-34-35-36-37-38-39-40-41-42-43-44-45-46-47-48-49-50-51-52-53-54(2,3)4;/h5-53H2,1-4H3;1H/q+1;/p-1. The molecule has 0 heterocycles. The summed E-state index contributed by atoms with van der Waals surface area (Å²) in [5, 5.41) is 0.